The van der Waals surface area contributed by atoms with Crippen molar-refractivity contribution in [2.24, 2.45) is 0 Å². The van der Waals surface area contributed by atoms with E-state index in [1.165, 1.54) is 0 Å². The summed E-state index contributed by atoms with van der Waals surface area (Å²) in [4.78, 5) is 0. The summed E-state index contributed by atoms with van der Waals surface area (Å²) in [6, 6.07) is 18.9. The van der Waals surface area contributed by atoms with E-state index in [2.05, 4.69) is 5.10 Å². The fourth-order valence-corrected chi connectivity index (χ4v) is 2.12. The molecule has 0 aliphatic carbocycles. The summed E-state index contributed by atoms with van der Waals surface area (Å²) in [6.45, 7) is -0.582. The standard InChI is InChI=1S/C16H14FN3.O2S/c17-11-14-10-16(12-4-2-1-3-5-12)20(19-14)15-8-6-13(18)7-9-15;1-3-2/h1-10H,11,18H2;. The van der Waals surface area contributed by atoms with Gasteiger partial charge < -0.3 is 5.73 Å². The van der Waals surface area contributed by atoms with Gasteiger partial charge in [-0.05, 0) is 30.3 Å². The van der Waals surface area contributed by atoms with Crippen molar-refractivity contribution in [1.29, 1.82) is 0 Å². The van der Waals surface area contributed by atoms with Crippen molar-refractivity contribution < 1.29 is 12.8 Å². The monoisotopic (exact) mass is 331 g/mol. The number of hydrogen-bond acceptors (Lipinski definition) is 4. The summed E-state index contributed by atoms with van der Waals surface area (Å²) in [6.07, 6.45) is 0. The Hall–Kier alpha value is -2.80. The zero-order valence-electron chi connectivity index (χ0n) is 12.1. The van der Waals surface area contributed by atoms with Crippen LogP contribution in [-0.4, -0.2) is 18.2 Å². The molecular weight excluding hydrogens is 317 g/mol. The maximum Gasteiger partial charge on any atom is 0.335 e. The van der Waals surface area contributed by atoms with E-state index in [4.69, 9.17) is 14.2 Å². The molecule has 0 aliphatic heterocycles. The smallest absolute Gasteiger partial charge is 0.335 e. The van der Waals surface area contributed by atoms with Crippen LogP contribution in [0.4, 0.5) is 10.1 Å². The first-order chi connectivity index (χ1) is 11.2. The van der Waals surface area contributed by atoms with Gasteiger partial charge in [-0.25, -0.2) is 9.07 Å². The molecule has 23 heavy (non-hydrogen) atoms. The van der Waals surface area contributed by atoms with Gasteiger partial charge >= 0.3 is 11.6 Å². The lowest BCUT2D eigenvalue weighted by molar-refractivity contribution is 0.473. The molecule has 0 spiro atoms. The van der Waals surface area contributed by atoms with Gasteiger partial charge in [-0.3, -0.25) is 0 Å². The number of anilines is 1. The average Bonchev–Trinajstić information content (AvgIpc) is 3.01. The number of nitrogens with zero attached hydrogens (tertiary/aromatic N) is 2. The van der Waals surface area contributed by atoms with E-state index < -0.39 is 18.2 Å². The highest BCUT2D eigenvalue weighted by molar-refractivity contribution is 7.51. The molecule has 7 heteroatoms. The summed E-state index contributed by atoms with van der Waals surface area (Å²) in [7, 11) is 0. The molecule has 5 nitrogen and oxygen atoms in total. The van der Waals surface area contributed by atoms with E-state index in [1.807, 2.05) is 42.5 Å². The maximum atomic E-state index is 12.9. The molecule has 1 aromatic heterocycles. The van der Waals surface area contributed by atoms with Gasteiger partial charge in [-0.15, -0.1) is 0 Å². The van der Waals surface area contributed by atoms with Gasteiger partial charge in [0.05, 0.1) is 17.1 Å². The first-order valence-electron chi connectivity index (χ1n) is 6.67. The Balaban J connectivity index is 0.000000595. The molecule has 3 rings (SSSR count). The predicted molar refractivity (Wildman–Crippen MR) is 87.1 cm³/mol. The summed E-state index contributed by atoms with van der Waals surface area (Å²) in [5, 5.41) is 4.31. The van der Waals surface area contributed by atoms with Crippen LogP contribution in [0.15, 0.2) is 60.7 Å². The Bertz CT molecular complexity index is 798. The summed E-state index contributed by atoms with van der Waals surface area (Å²) in [5.74, 6) is 0. The molecule has 2 N–H and O–H groups in total. The fraction of sp³-hybridized carbons (Fsp3) is 0.0625. The van der Waals surface area contributed by atoms with Crippen LogP contribution in [0, 0.1) is 0 Å². The fourth-order valence-electron chi connectivity index (χ4n) is 2.12. The third kappa shape index (κ3) is 4.10. The number of rotatable bonds is 3. The summed E-state index contributed by atoms with van der Waals surface area (Å²) >= 11 is -0.750. The van der Waals surface area contributed by atoms with Crippen molar-refractivity contribution >= 4 is 17.3 Å². The second-order valence-electron chi connectivity index (χ2n) is 4.59. The third-order valence-electron chi connectivity index (χ3n) is 3.10. The molecule has 0 atom stereocenters. The van der Waals surface area contributed by atoms with E-state index in [0.717, 1.165) is 16.9 Å². The number of alkyl halides is 1. The van der Waals surface area contributed by atoms with Crippen molar-refractivity contribution in [1.82, 2.24) is 9.78 Å². The molecular formula is C16H14FN3O2S. The number of benzene rings is 2. The Morgan fingerprint density at radius 3 is 2.22 bits per heavy atom. The number of hydrogen-bond donors (Lipinski definition) is 1. The maximum absolute atomic E-state index is 12.9. The van der Waals surface area contributed by atoms with Crippen LogP contribution in [0.5, 0.6) is 0 Å². The topological polar surface area (TPSA) is 78.0 Å². The SMILES string of the molecule is Nc1ccc(-n2nc(CF)cc2-c2ccccc2)cc1.O=S=O. The van der Waals surface area contributed by atoms with Gasteiger partial charge in [0.25, 0.3) is 0 Å². The van der Waals surface area contributed by atoms with Gasteiger partial charge in [0.15, 0.2) is 0 Å². The average molecular weight is 331 g/mol. The summed E-state index contributed by atoms with van der Waals surface area (Å²) < 4.78 is 31.2. The van der Waals surface area contributed by atoms with E-state index in [0.29, 0.717) is 11.4 Å². The summed E-state index contributed by atoms with van der Waals surface area (Å²) in [5.41, 5.74) is 9.52. The number of nitrogen functional groups attached to an aromatic ring is 1. The minimum absolute atomic E-state index is 0.417. The van der Waals surface area contributed by atoms with Crippen molar-refractivity contribution in [3.8, 4) is 16.9 Å². The van der Waals surface area contributed by atoms with Crippen LogP contribution >= 0.6 is 0 Å². The Labute approximate surface area is 136 Å². The molecule has 0 unspecified atom stereocenters. The molecule has 0 bridgehead atoms. The first kappa shape index (κ1) is 16.6. The Kier molecular flexibility index (Phi) is 5.76. The quantitative estimate of drug-likeness (QED) is 0.749. The highest BCUT2D eigenvalue weighted by Crippen LogP contribution is 2.24. The van der Waals surface area contributed by atoms with E-state index >= 15 is 0 Å². The number of nitrogens with two attached hydrogens (primary N) is 1. The van der Waals surface area contributed by atoms with Crippen molar-refractivity contribution in [2.45, 2.75) is 6.67 Å². The molecule has 2 aromatic carbocycles. The van der Waals surface area contributed by atoms with E-state index in [1.54, 1.807) is 22.9 Å². The van der Waals surface area contributed by atoms with Crippen LogP contribution in [0.2, 0.25) is 0 Å². The van der Waals surface area contributed by atoms with Crippen molar-refractivity contribution in [3.63, 3.8) is 0 Å². The highest BCUT2D eigenvalue weighted by Gasteiger charge is 2.11. The molecule has 1 heterocycles. The lowest BCUT2D eigenvalue weighted by Gasteiger charge is -2.07. The second kappa shape index (κ2) is 8.00. The van der Waals surface area contributed by atoms with Crippen LogP contribution in [0.3, 0.4) is 0 Å². The normalized spacial score (nSPS) is 9.78. The van der Waals surface area contributed by atoms with Crippen molar-refractivity contribution in [2.75, 3.05) is 5.73 Å². The lowest BCUT2D eigenvalue weighted by Crippen LogP contribution is -1.99. The van der Waals surface area contributed by atoms with Crippen molar-refractivity contribution in [3.05, 3.63) is 66.4 Å². The first-order valence-corrected chi connectivity index (χ1v) is 7.34. The van der Waals surface area contributed by atoms with Crippen LogP contribution in [-0.2, 0) is 18.2 Å². The zero-order valence-corrected chi connectivity index (χ0v) is 12.9. The van der Waals surface area contributed by atoms with Gasteiger partial charge in [-0.1, -0.05) is 30.3 Å². The Morgan fingerprint density at radius 1 is 1.04 bits per heavy atom. The van der Waals surface area contributed by atoms with E-state index in [-0.39, 0.29) is 0 Å². The highest BCUT2D eigenvalue weighted by atomic mass is 32.1. The van der Waals surface area contributed by atoms with Gasteiger partial charge in [0, 0.05) is 11.3 Å². The van der Waals surface area contributed by atoms with Gasteiger partial charge in [-0.2, -0.15) is 13.5 Å². The van der Waals surface area contributed by atoms with E-state index in [9.17, 15) is 4.39 Å². The lowest BCUT2D eigenvalue weighted by atomic mass is 10.1. The molecule has 0 saturated heterocycles. The molecule has 0 amide bonds. The van der Waals surface area contributed by atoms with Crippen LogP contribution in [0.25, 0.3) is 16.9 Å². The molecule has 0 radical (unpaired) electrons. The third-order valence-corrected chi connectivity index (χ3v) is 3.10. The molecule has 0 saturated carbocycles. The van der Waals surface area contributed by atoms with Gasteiger partial charge in [0.2, 0.25) is 0 Å². The molecule has 3 aromatic rings. The molecule has 118 valence electrons. The minimum Gasteiger partial charge on any atom is -0.399 e. The minimum atomic E-state index is -0.750. The molecule has 0 fully saturated rings. The zero-order chi connectivity index (χ0) is 16.7. The predicted octanol–water partition coefficient (Wildman–Crippen LogP) is 2.92. The van der Waals surface area contributed by atoms with Crippen LogP contribution in [0.1, 0.15) is 5.69 Å². The van der Waals surface area contributed by atoms with Crippen LogP contribution < -0.4 is 5.73 Å². The molecule has 0 aliphatic rings. The second-order valence-corrected chi connectivity index (χ2v) is 4.73. The largest absolute Gasteiger partial charge is 0.399 e. The Morgan fingerprint density at radius 2 is 1.65 bits per heavy atom. The van der Waals surface area contributed by atoms with Gasteiger partial charge in [0.1, 0.15) is 6.67 Å². The number of aromatic nitrogens is 2. The number of halogens is 1.